The van der Waals surface area contributed by atoms with Crippen molar-refractivity contribution in [2.45, 2.75) is 50.0 Å². The fourth-order valence-electron chi connectivity index (χ4n) is 4.22. The molecule has 2 aromatic rings. The molecule has 3 heterocycles. The summed E-state index contributed by atoms with van der Waals surface area (Å²) in [6.45, 7) is 4.54. The molecule has 0 spiro atoms. The molecule has 0 aliphatic carbocycles. The maximum Gasteiger partial charge on any atom is 0.243 e. The van der Waals surface area contributed by atoms with Crippen LogP contribution in [-0.4, -0.2) is 37.3 Å². The molecular formula is C21H27N3O2S. The highest BCUT2D eigenvalue weighted by Crippen LogP contribution is 2.40. The van der Waals surface area contributed by atoms with Crippen LogP contribution in [0.2, 0.25) is 0 Å². The van der Waals surface area contributed by atoms with Crippen LogP contribution in [0.5, 0.6) is 0 Å². The minimum absolute atomic E-state index is 0.137. The van der Waals surface area contributed by atoms with Crippen molar-refractivity contribution < 1.29 is 8.42 Å². The van der Waals surface area contributed by atoms with Gasteiger partial charge >= 0.3 is 0 Å². The Morgan fingerprint density at radius 1 is 0.963 bits per heavy atom. The van der Waals surface area contributed by atoms with Crippen LogP contribution in [0.3, 0.4) is 0 Å². The van der Waals surface area contributed by atoms with E-state index in [4.69, 9.17) is 0 Å². The van der Waals surface area contributed by atoms with E-state index in [1.165, 1.54) is 19.3 Å². The number of benzene rings is 1. The summed E-state index contributed by atoms with van der Waals surface area (Å²) >= 11 is 0. The lowest BCUT2D eigenvalue weighted by Gasteiger charge is -2.32. The molecule has 2 saturated heterocycles. The van der Waals surface area contributed by atoms with Crippen LogP contribution >= 0.6 is 0 Å². The summed E-state index contributed by atoms with van der Waals surface area (Å²) in [5.41, 5.74) is 2.11. The zero-order valence-corrected chi connectivity index (χ0v) is 16.7. The van der Waals surface area contributed by atoms with Crippen LogP contribution in [0.15, 0.2) is 47.5 Å². The summed E-state index contributed by atoms with van der Waals surface area (Å²) in [6, 6.07) is 11.0. The van der Waals surface area contributed by atoms with Gasteiger partial charge in [-0.05, 0) is 57.2 Å². The molecule has 2 fully saturated rings. The summed E-state index contributed by atoms with van der Waals surface area (Å²) in [5.74, 6) is 0.966. The number of sulfonamides is 1. The molecule has 4 rings (SSSR count). The number of anilines is 1. The molecule has 0 N–H and O–H groups in total. The second-order valence-electron chi connectivity index (χ2n) is 7.55. The van der Waals surface area contributed by atoms with Crippen LogP contribution in [0.4, 0.5) is 5.82 Å². The van der Waals surface area contributed by atoms with E-state index >= 15 is 0 Å². The molecule has 1 atom stereocenters. The van der Waals surface area contributed by atoms with Gasteiger partial charge in [-0.3, -0.25) is 0 Å². The van der Waals surface area contributed by atoms with Gasteiger partial charge in [0.05, 0.1) is 10.9 Å². The maximum absolute atomic E-state index is 13.3. The first kappa shape index (κ1) is 18.4. The van der Waals surface area contributed by atoms with Crippen molar-refractivity contribution in [3.05, 3.63) is 53.7 Å². The fourth-order valence-corrected chi connectivity index (χ4v) is 5.90. The maximum atomic E-state index is 13.3. The highest BCUT2D eigenvalue weighted by atomic mass is 32.2. The first-order chi connectivity index (χ1) is 13.1. The van der Waals surface area contributed by atoms with Crippen LogP contribution in [0, 0.1) is 6.92 Å². The molecule has 0 radical (unpaired) electrons. The van der Waals surface area contributed by atoms with Crippen LogP contribution < -0.4 is 4.90 Å². The summed E-state index contributed by atoms with van der Waals surface area (Å²) in [5, 5.41) is 0. The van der Waals surface area contributed by atoms with E-state index in [0.29, 0.717) is 11.4 Å². The van der Waals surface area contributed by atoms with Crippen molar-refractivity contribution in [2.75, 3.05) is 24.5 Å². The van der Waals surface area contributed by atoms with Gasteiger partial charge in [-0.25, -0.2) is 13.4 Å². The molecule has 1 aromatic carbocycles. The van der Waals surface area contributed by atoms with Crippen molar-refractivity contribution >= 4 is 15.8 Å². The number of piperidine rings is 1. The van der Waals surface area contributed by atoms with Gasteiger partial charge in [-0.2, -0.15) is 4.31 Å². The third-order valence-electron chi connectivity index (χ3n) is 5.66. The number of rotatable bonds is 4. The zero-order chi connectivity index (χ0) is 18.9. The molecule has 2 aliphatic heterocycles. The van der Waals surface area contributed by atoms with Crippen LogP contribution in [0.1, 0.15) is 49.3 Å². The van der Waals surface area contributed by atoms with E-state index < -0.39 is 10.0 Å². The lowest BCUT2D eigenvalue weighted by atomic mass is 10.0. The summed E-state index contributed by atoms with van der Waals surface area (Å²) in [4.78, 5) is 7.36. The van der Waals surface area contributed by atoms with Crippen molar-refractivity contribution in [2.24, 2.45) is 0 Å². The van der Waals surface area contributed by atoms with Gasteiger partial charge < -0.3 is 4.90 Å². The molecule has 0 unspecified atom stereocenters. The minimum Gasteiger partial charge on any atom is -0.356 e. The number of aromatic nitrogens is 1. The lowest BCUT2D eigenvalue weighted by molar-refractivity contribution is 0.395. The number of pyridine rings is 1. The fraction of sp³-hybridized carbons (Fsp3) is 0.476. The van der Waals surface area contributed by atoms with E-state index in [2.05, 4.69) is 16.0 Å². The van der Waals surface area contributed by atoms with Gasteiger partial charge in [0.2, 0.25) is 10.0 Å². The monoisotopic (exact) mass is 385 g/mol. The predicted octanol–water partition coefficient (Wildman–Crippen LogP) is 3.91. The molecule has 1 aromatic heterocycles. The summed E-state index contributed by atoms with van der Waals surface area (Å²) < 4.78 is 28.3. The smallest absolute Gasteiger partial charge is 0.243 e. The Morgan fingerprint density at radius 3 is 2.44 bits per heavy atom. The van der Waals surface area contributed by atoms with E-state index in [1.54, 1.807) is 16.4 Å². The first-order valence-corrected chi connectivity index (χ1v) is 11.3. The zero-order valence-electron chi connectivity index (χ0n) is 15.8. The second-order valence-corrected chi connectivity index (χ2v) is 9.44. The lowest BCUT2D eigenvalue weighted by Crippen LogP contribution is -2.34. The Morgan fingerprint density at radius 2 is 1.70 bits per heavy atom. The van der Waals surface area contributed by atoms with Gasteiger partial charge in [0.25, 0.3) is 0 Å². The quantitative estimate of drug-likeness (QED) is 0.801. The van der Waals surface area contributed by atoms with E-state index in [1.807, 2.05) is 31.3 Å². The van der Waals surface area contributed by atoms with E-state index in [0.717, 1.165) is 42.9 Å². The minimum atomic E-state index is -3.51. The normalized spacial score (nSPS) is 21.5. The van der Waals surface area contributed by atoms with Gasteiger partial charge in [0.1, 0.15) is 5.82 Å². The third kappa shape index (κ3) is 3.60. The predicted molar refractivity (Wildman–Crippen MR) is 107 cm³/mol. The van der Waals surface area contributed by atoms with E-state index in [-0.39, 0.29) is 6.04 Å². The van der Waals surface area contributed by atoms with Crippen molar-refractivity contribution in [3.63, 3.8) is 0 Å². The Balaban J connectivity index is 1.69. The average molecular weight is 386 g/mol. The highest BCUT2D eigenvalue weighted by molar-refractivity contribution is 7.89. The Kier molecular flexibility index (Phi) is 5.19. The molecule has 0 saturated carbocycles. The average Bonchev–Trinajstić information content (AvgIpc) is 3.20. The van der Waals surface area contributed by atoms with E-state index in [9.17, 15) is 8.42 Å². The summed E-state index contributed by atoms with van der Waals surface area (Å²) in [7, 11) is -3.51. The molecule has 0 amide bonds. The Hall–Kier alpha value is -1.92. The third-order valence-corrected chi connectivity index (χ3v) is 7.59. The van der Waals surface area contributed by atoms with Crippen LogP contribution in [0.25, 0.3) is 0 Å². The van der Waals surface area contributed by atoms with Gasteiger partial charge in [-0.15, -0.1) is 0 Å². The second kappa shape index (κ2) is 7.60. The molecular weight excluding hydrogens is 358 g/mol. The van der Waals surface area contributed by atoms with Gasteiger partial charge in [0, 0.05) is 31.4 Å². The number of hydrogen-bond donors (Lipinski definition) is 0. The molecule has 5 nitrogen and oxygen atoms in total. The number of hydrogen-bond acceptors (Lipinski definition) is 4. The van der Waals surface area contributed by atoms with Gasteiger partial charge in [-0.1, -0.05) is 23.8 Å². The highest BCUT2D eigenvalue weighted by Gasteiger charge is 2.38. The molecule has 27 heavy (non-hydrogen) atoms. The molecule has 2 aliphatic rings. The summed E-state index contributed by atoms with van der Waals surface area (Å²) in [6.07, 6.45) is 7.15. The van der Waals surface area contributed by atoms with Crippen molar-refractivity contribution in [1.29, 1.82) is 0 Å². The van der Waals surface area contributed by atoms with Crippen LogP contribution in [-0.2, 0) is 10.0 Å². The Bertz CT molecular complexity index is 890. The Labute approximate surface area is 162 Å². The largest absolute Gasteiger partial charge is 0.356 e. The molecule has 144 valence electrons. The number of nitrogens with zero attached hydrogens (tertiary/aromatic N) is 3. The SMILES string of the molecule is Cc1ccc(S(=O)(=O)N2CCC[C@H]2c2cccnc2N2CCCCC2)cc1. The van der Waals surface area contributed by atoms with Gasteiger partial charge in [0.15, 0.2) is 0 Å². The number of aryl methyl sites for hydroxylation is 1. The first-order valence-electron chi connectivity index (χ1n) is 9.86. The molecule has 0 bridgehead atoms. The van der Waals surface area contributed by atoms with Crippen molar-refractivity contribution in [3.8, 4) is 0 Å². The topological polar surface area (TPSA) is 53.5 Å². The molecule has 6 heteroatoms. The van der Waals surface area contributed by atoms with Crippen molar-refractivity contribution in [1.82, 2.24) is 9.29 Å². The standard InChI is InChI=1S/C21H27N3O2S/c1-17-9-11-18(12-10-17)27(25,26)24-16-6-8-20(24)19-7-5-13-22-21(19)23-14-3-2-4-15-23/h5,7,9-13,20H,2-4,6,8,14-16H2,1H3/t20-/m0/s1.